The third-order valence-corrected chi connectivity index (χ3v) is 5.89. The van der Waals surface area contributed by atoms with Crippen molar-refractivity contribution in [3.05, 3.63) is 108 Å². The Morgan fingerprint density at radius 1 is 0.793 bits per heavy atom. The summed E-state index contributed by atoms with van der Waals surface area (Å²) in [7, 11) is 2.12. The highest BCUT2D eigenvalue weighted by Crippen LogP contribution is 2.39. The Morgan fingerprint density at radius 3 is 1.72 bits per heavy atom. The van der Waals surface area contributed by atoms with Gasteiger partial charge < -0.3 is 9.64 Å². The van der Waals surface area contributed by atoms with Crippen LogP contribution in [0.1, 0.15) is 35.4 Å². The van der Waals surface area contributed by atoms with Gasteiger partial charge >= 0.3 is 5.97 Å². The van der Waals surface area contributed by atoms with Gasteiger partial charge in [-0.05, 0) is 23.7 Å². The molecule has 3 heteroatoms. The number of piperidine rings is 1. The Morgan fingerprint density at radius 2 is 1.24 bits per heavy atom. The molecule has 148 valence electrons. The summed E-state index contributed by atoms with van der Waals surface area (Å²) in [6.07, 6.45) is 1.60. The first-order valence-electron chi connectivity index (χ1n) is 10.2. The summed E-state index contributed by atoms with van der Waals surface area (Å²) in [6.45, 7) is 1.81. The molecule has 1 saturated heterocycles. The molecule has 1 fully saturated rings. The highest BCUT2D eigenvalue weighted by atomic mass is 16.6. The van der Waals surface area contributed by atoms with Crippen molar-refractivity contribution in [2.75, 3.05) is 20.1 Å². The van der Waals surface area contributed by atoms with E-state index in [1.165, 1.54) is 0 Å². The molecule has 3 aromatic carbocycles. The van der Waals surface area contributed by atoms with E-state index >= 15 is 0 Å². The molecule has 0 atom stereocenters. The second-order valence-electron chi connectivity index (χ2n) is 7.84. The van der Waals surface area contributed by atoms with E-state index in [4.69, 9.17) is 4.74 Å². The predicted molar refractivity (Wildman–Crippen MR) is 116 cm³/mol. The molecule has 0 bridgehead atoms. The maximum absolute atomic E-state index is 13.6. The molecule has 0 amide bonds. The third-order valence-electron chi connectivity index (χ3n) is 5.89. The number of esters is 1. The van der Waals surface area contributed by atoms with Crippen molar-refractivity contribution in [1.82, 2.24) is 4.90 Å². The number of ether oxygens (including phenoxy) is 1. The van der Waals surface area contributed by atoms with Crippen molar-refractivity contribution in [1.29, 1.82) is 0 Å². The molecule has 3 nitrogen and oxygen atoms in total. The van der Waals surface area contributed by atoms with Gasteiger partial charge in [0.05, 0.1) is 0 Å². The zero-order chi connectivity index (χ0) is 20.1. The van der Waals surface area contributed by atoms with Crippen molar-refractivity contribution < 1.29 is 9.53 Å². The molecule has 4 rings (SSSR count). The summed E-state index contributed by atoms with van der Waals surface area (Å²) >= 11 is 0. The van der Waals surface area contributed by atoms with Gasteiger partial charge in [-0.15, -0.1) is 0 Å². The van der Waals surface area contributed by atoms with Gasteiger partial charge in [0.25, 0.3) is 0 Å². The van der Waals surface area contributed by atoms with Gasteiger partial charge in [-0.3, -0.25) is 4.79 Å². The van der Waals surface area contributed by atoms with Crippen LogP contribution in [-0.2, 0) is 15.1 Å². The first kappa shape index (κ1) is 19.4. The summed E-state index contributed by atoms with van der Waals surface area (Å²) in [4.78, 5) is 15.9. The molecule has 1 aliphatic heterocycles. The molecule has 3 aromatic rings. The van der Waals surface area contributed by atoms with Crippen LogP contribution in [0.3, 0.4) is 0 Å². The molecule has 0 unspecified atom stereocenters. The van der Waals surface area contributed by atoms with Crippen molar-refractivity contribution in [2.24, 2.45) is 0 Å². The van der Waals surface area contributed by atoms with Gasteiger partial charge in [0.1, 0.15) is 11.5 Å². The molecule has 0 N–H and O–H groups in total. The van der Waals surface area contributed by atoms with E-state index in [2.05, 4.69) is 24.1 Å². The van der Waals surface area contributed by atoms with E-state index in [-0.39, 0.29) is 5.97 Å². The molecule has 29 heavy (non-hydrogen) atoms. The van der Waals surface area contributed by atoms with E-state index in [0.717, 1.165) is 42.6 Å². The Bertz CT molecular complexity index is 877. The number of benzene rings is 3. The number of rotatable bonds is 5. The van der Waals surface area contributed by atoms with Crippen LogP contribution < -0.4 is 0 Å². The molecular formula is C26H27NO2. The lowest BCUT2D eigenvalue weighted by atomic mass is 9.83. The number of hydrogen-bond acceptors (Lipinski definition) is 3. The Balaban J connectivity index is 1.70. The van der Waals surface area contributed by atoms with Gasteiger partial charge in [0.2, 0.25) is 0 Å². The lowest BCUT2D eigenvalue weighted by molar-refractivity contribution is -0.167. The normalized spacial score (nSPS) is 16.5. The van der Waals surface area contributed by atoms with Gasteiger partial charge in [-0.25, -0.2) is 0 Å². The lowest BCUT2D eigenvalue weighted by Gasteiger charge is -2.41. The fourth-order valence-electron chi connectivity index (χ4n) is 4.18. The summed E-state index contributed by atoms with van der Waals surface area (Å²) in [5, 5.41) is 0. The summed E-state index contributed by atoms with van der Waals surface area (Å²) in [6, 6.07) is 30.1. The van der Waals surface area contributed by atoms with Crippen molar-refractivity contribution in [3.63, 3.8) is 0 Å². The van der Waals surface area contributed by atoms with Crippen LogP contribution in [-0.4, -0.2) is 31.0 Å². The van der Waals surface area contributed by atoms with E-state index in [1.54, 1.807) is 0 Å². The van der Waals surface area contributed by atoms with Crippen molar-refractivity contribution in [3.8, 4) is 0 Å². The molecule has 0 aromatic heterocycles. The summed E-state index contributed by atoms with van der Waals surface area (Å²) < 4.78 is 6.42. The fraction of sp³-hybridized carbons (Fsp3) is 0.269. The van der Waals surface area contributed by atoms with Gasteiger partial charge in [-0.2, -0.15) is 0 Å². The maximum Gasteiger partial charge on any atom is 0.318 e. The van der Waals surface area contributed by atoms with Crippen LogP contribution in [0.5, 0.6) is 0 Å². The first-order chi connectivity index (χ1) is 14.2. The molecular weight excluding hydrogens is 358 g/mol. The number of nitrogens with zero attached hydrogens (tertiary/aromatic N) is 1. The topological polar surface area (TPSA) is 29.5 Å². The summed E-state index contributed by atoms with van der Waals surface area (Å²) in [5.41, 5.74) is 2.42. The zero-order valence-corrected chi connectivity index (χ0v) is 16.8. The molecule has 0 saturated carbocycles. The van der Waals surface area contributed by atoms with Gasteiger partial charge in [-0.1, -0.05) is 91.0 Å². The maximum atomic E-state index is 13.6. The quantitative estimate of drug-likeness (QED) is 0.580. The minimum absolute atomic E-state index is 0.184. The monoisotopic (exact) mass is 385 g/mol. The molecule has 1 heterocycles. The second-order valence-corrected chi connectivity index (χ2v) is 7.84. The van der Waals surface area contributed by atoms with Crippen LogP contribution in [0.15, 0.2) is 91.0 Å². The fourth-order valence-corrected chi connectivity index (χ4v) is 4.18. The first-order valence-corrected chi connectivity index (χ1v) is 10.2. The second kappa shape index (κ2) is 8.62. The largest absolute Gasteiger partial charge is 0.453 e. The highest BCUT2D eigenvalue weighted by molar-refractivity contribution is 5.82. The standard InChI is InChI=1S/C26H27NO2/c1-27-19-17-26(18-20-27,23-15-9-4-10-16-23)29-25(28)24(21-11-5-2-6-12-21)22-13-7-3-8-14-22/h2-16,24H,17-20H2,1H3. The third kappa shape index (κ3) is 4.25. The van der Waals surface area contributed by atoms with E-state index in [9.17, 15) is 4.79 Å². The van der Waals surface area contributed by atoms with Crippen LogP contribution >= 0.6 is 0 Å². The minimum atomic E-state index is -0.577. The average Bonchev–Trinajstić information content (AvgIpc) is 2.78. The van der Waals surface area contributed by atoms with Gasteiger partial charge in [0.15, 0.2) is 0 Å². The SMILES string of the molecule is CN1CCC(OC(=O)C(c2ccccc2)c2ccccc2)(c2ccccc2)CC1. The molecule has 0 aliphatic carbocycles. The average molecular weight is 386 g/mol. The summed E-state index contributed by atoms with van der Waals surface area (Å²) in [5.74, 6) is -0.617. The van der Waals surface area contributed by atoms with E-state index < -0.39 is 11.5 Å². The number of likely N-dealkylation sites (tertiary alicyclic amines) is 1. The van der Waals surface area contributed by atoms with E-state index in [0.29, 0.717) is 0 Å². The molecule has 0 radical (unpaired) electrons. The van der Waals surface area contributed by atoms with Crippen molar-refractivity contribution >= 4 is 5.97 Å². The van der Waals surface area contributed by atoms with E-state index in [1.807, 2.05) is 78.9 Å². The van der Waals surface area contributed by atoms with Crippen LogP contribution in [0, 0.1) is 0 Å². The highest BCUT2D eigenvalue weighted by Gasteiger charge is 2.41. The zero-order valence-electron chi connectivity index (χ0n) is 16.8. The number of carbonyl (C=O) groups is 1. The van der Waals surface area contributed by atoms with Crippen LogP contribution in [0.4, 0.5) is 0 Å². The minimum Gasteiger partial charge on any atom is -0.453 e. The Labute approximate surface area is 172 Å². The Kier molecular flexibility index (Phi) is 5.77. The number of hydrogen-bond donors (Lipinski definition) is 0. The molecule has 0 spiro atoms. The van der Waals surface area contributed by atoms with Crippen molar-refractivity contribution in [2.45, 2.75) is 24.4 Å². The predicted octanol–water partition coefficient (Wildman–Crippen LogP) is 4.98. The Hall–Kier alpha value is -2.91. The lowest BCUT2D eigenvalue weighted by Crippen LogP contribution is -2.44. The smallest absolute Gasteiger partial charge is 0.318 e. The van der Waals surface area contributed by atoms with Crippen LogP contribution in [0.2, 0.25) is 0 Å². The van der Waals surface area contributed by atoms with Crippen LogP contribution in [0.25, 0.3) is 0 Å². The molecule has 1 aliphatic rings. The number of carbonyl (C=O) groups excluding carboxylic acids is 1. The van der Waals surface area contributed by atoms with Gasteiger partial charge in [0, 0.05) is 25.9 Å².